The van der Waals surface area contributed by atoms with Crippen LogP contribution in [-0.4, -0.2) is 49.8 Å². The fourth-order valence-electron chi connectivity index (χ4n) is 4.59. The summed E-state index contributed by atoms with van der Waals surface area (Å²) in [7, 11) is 0. The SMILES string of the molecule is CCC(c1nc2onc(C)c2c(=O)n1Cc1ccccc1)N(CCCNC(=O)O)C(=O)c1cccc(C)c1. The Morgan fingerprint density at radius 3 is 2.58 bits per heavy atom. The zero-order valence-corrected chi connectivity index (χ0v) is 21.7. The third-order valence-electron chi connectivity index (χ3n) is 6.42. The second-order valence-electron chi connectivity index (χ2n) is 9.17. The van der Waals surface area contributed by atoms with Gasteiger partial charge >= 0.3 is 6.09 Å². The summed E-state index contributed by atoms with van der Waals surface area (Å²) in [5.41, 5.74) is 2.63. The number of carboxylic acid groups (broad SMARTS) is 1. The van der Waals surface area contributed by atoms with E-state index in [1.165, 1.54) is 0 Å². The van der Waals surface area contributed by atoms with E-state index in [-0.39, 0.29) is 36.8 Å². The number of nitrogens with one attached hydrogen (secondary N) is 1. The highest BCUT2D eigenvalue weighted by Crippen LogP contribution is 2.27. The van der Waals surface area contributed by atoms with Gasteiger partial charge in [0, 0.05) is 18.7 Å². The Kier molecular flexibility index (Phi) is 8.20. The number of benzene rings is 2. The predicted octanol–water partition coefficient (Wildman–Crippen LogP) is 4.30. The number of carbonyl (C=O) groups excluding carboxylic acids is 1. The van der Waals surface area contributed by atoms with Crippen molar-refractivity contribution in [3.05, 3.63) is 93.2 Å². The summed E-state index contributed by atoms with van der Waals surface area (Å²) in [5, 5.41) is 15.6. The van der Waals surface area contributed by atoms with E-state index in [2.05, 4.69) is 10.5 Å². The van der Waals surface area contributed by atoms with Gasteiger partial charge in [0.1, 0.15) is 11.2 Å². The van der Waals surface area contributed by atoms with Crippen LogP contribution in [0.3, 0.4) is 0 Å². The molecule has 1 unspecified atom stereocenters. The number of aromatic nitrogens is 3. The van der Waals surface area contributed by atoms with E-state index in [1.807, 2.05) is 62.4 Å². The van der Waals surface area contributed by atoms with Gasteiger partial charge < -0.3 is 19.8 Å². The van der Waals surface area contributed by atoms with Crippen LogP contribution in [0.4, 0.5) is 4.79 Å². The molecule has 4 rings (SSSR count). The molecule has 0 saturated carbocycles. The monoisotopic (exact) mass is 517 g/mol. The van der Waals surface area contributed by atoms with Crippen molar-refractivity contribution in [2.24, 2.45) is 0 Å². The molecule has 2 N–H and O–H groups in total. The van der Waals surface area contributed by atoms with Gasteiger partial charge in [-0.2, -0.15) is 4.98 Å². The Hall–Kier alpha value is -4.47. The lowest BCUT2D eigenvalue weighted by atomic mass is 10.1. The normalized spacial score (nSPS) is 11.9. The van der Waals surface area contributed by atoms with Gasteiger partial charge in [0.25, 0.3) is 17.2 Å². The molecule has 2 heterocycles. The molecule has 0 bridgehead atoms. The Balaban J connectivity index is 1.83. The smallest absolute Gasteiger partial charge is 0.404 e. The summed E-state index contributed by atoms with van der Waals surface area (Å²) in [6, 6.07) is 16.3. The number of rotatable bonds is 10. The molecule has 0 spiro atoms. The first-order valence-electron chi connectivity index (χ1n) is 12.5. The van der Waals surface area contributed by atoms with E-state index in [4.69, 9.17) is 14.6 Å². The summed E-state index contributed by atoms with van der Waals surface area (Å²) in [5.74, 6) is 0.155. The van der Waals surface area contributed by atoms with Crippen LogP contribution in [0.5, 0.6) is 0 Å². The summed E-state index contributed by atoms with van der Waals surface area (Å²) in [6.07, 6.45) is -0.283. The molecule has 2 amide bonds. The van der Waals surface area contributed by atoms with E-state index < -0.39 is 12.1 Å². The van der Waals surface area contributed by atoms with Crippen molar-refractivity contribution in [1.29, 1.82) is 0 Å². The number of amides is 2. The van der Waals surface area contributed by atoms with E-state index in [9.17, 15) is 14.4 Å². The van der Waals surface area contributed by atoms with E-state index in [1.54, 1.807) is 22.5 Å². The molecular formula is C28H31N5O5. The maximum Gasteiger partial charge on any atom is 0.404 e. The molecular weight excluding hydrogens is 486 g/mol. The maximum absolute atomic E-state index is 13.9. The van der Waals surface area contributed by atoms with Crippen LogP contribution in [0.15, 0.2) is 63.9 Å². The number of hydrogen-bond donors (Lipinski definition) is 2. The van der Waals surface area contributed by atoms with Crippen molar-refractivity contribution in [3.8, 4) is 0 Å². The molecule has 198 valence electrons. The largest absolute Gasteiger partial charge is 0.465 e. The van der Waals surface area contributed by atoms with Crippen LogP contribution < -0.4 is 10.9 Å². The van der Waals surface area contributed by atoms with E-state index >= 15 is 0 Å². The second kappa shape index (κ2) is 11.7. The minimum absolute atomic E-state index is 0.126. The van der Waals surface area contributed by atoms with E-state index in [0.29, 0.717) is 35.3 Å². The van der Waals surface area contributed by atoms with Gasteiger partial charge in [-0.25, -0.2) is 4.79 Å². The third kappa shape index (κ3) is 5.74. The molecule has 0 saturated heterocycles. The van der Waals surface area contributed by atoms with Crippen LogP contribution in [0.2, 0.25) is 0 Å². The fraction of sp³-hybridized carbons (Fsp3) is 0.321. The average Bonchev–Trinajstić information content (AvgIpc) is 3.28. The second-order valence-corrected chi connectivity index (χ2v) is 9.17. The third-order valence-corrected chi connectivity index (χ3v) is 6.42. The molecule has 38 heavy (non-hydrogen) atoms. The molecule has 0 aliphatic rings. The van der Waals surface area contributed by atoms with Crippen molar-refractivity contribution in [3.63, 3.8) is 0 Å². The van der Waals surface area contributed by atoms with Crippen LogP contribution in [0.1, 0.15) is 58.8 Å². The maximum atomic E-state index is 13.9. The zero-order valence-electron chi connectivity index (χ0n) is 21.7. The Morgan fingerprint density at radius 2 is 1.89 bits per heavy atom. The highest BCUT2D eigenvalue weighted by Gasteiger charge is 2.30. The lowest BCUT2D eigenvalue weighted by Gasteiger charge is -2.32. The zero-order chi connectivity index (χ0) is 27.2. The van der Waals surface area contributed by atoms with Crippen molar-refractivity contribution < 1.29 is 19.2 Å². The molecule has 10 heteroatoms. The molecule has 0 aliphatic carbocycles. The molecule has 0 aliphatic heterocycles. The number of carbonyl (C=O) groups is 2. The van der Waals surface area contributed by atoms with Gasteiger partial charge in [-0.05, 0) is 44.4 Å². The van der Waals surface area contributed by atoms with E-state index in [0.717, 1.165) is 11.1 Å². The summed E-state index contributed by atoms with van der Waals surface area (Å²) < 4.78 is 6.97. The van der Waals surface area contributed by atoms with Gasteiger partial charge in [-0.1, -0.05) is 60.1 Å². The lowest BCUT2D eigenvalue weighted by Crippen LogP contribution is -2.40. The molecule has 4 aromatic rings. The summed E-state index contributed by atoms with van der Waals surface area (Å²) in [4.78, 5) is 45.0. The van der Waals surface area contributed by atoms with Crippen molar-refractivity contribution in [2.75, 3.05) is 13.1 Å². The van der Waals surface area contributed by atoms with Crippen molar-refractivity contribution in [2.45, 2.75) is 46.2 Å². The van der Waals surface area contributed by atoms with Gasteiger partial charge in [0.2, 0.25) is 0 Å². The molecule has 2 aromatic heterocycles. The number of aryl methyl sites for hydroxylation is 2. The predicted molar refractivity (Wildman–Crippen MR) is 142 cm³/mol. The van der Waals surface area contributed by atoms with Gasteiger partial charge in [0.05, 0.1) is 18.3 Å². The Morgan fingerprint density at radius 1 is 1.13 bits per heavy atom. The van der Waals surface area contributed by atoms with Crippen LogP contribution in [-0.2, 0) is 6.54 Å². The first kappa shape index (κ1) is 26.6. The number of nitrogens with zero attached hydrogens (tertiary/aromatic N) is 4. The van der Waals surface area contributed by atoms with Crippen LogP contribution in [0.25, 0.3) is 11.1 Å². The quantitative estimate of drug-likeness (QED) is 0.300. The first-order valence-corrected chi connectivity index (χ1v) is 12.5. The molecule has 1 atom stereocenters. The summed E-state index contributed by atoms with van der Waals surface area (Å²) in [6.45, 7) is 6.21. The Bertz CT molecular complexity index is 1490. The minimum atomic E-state index is -1.13. The Labute approximate surface area is 219 Å². The fourth-order valence-corrected chi connectivity index (χ4v) is 4.59. The van der Waals surface area contributed by atoms with Gasteiger partial charge in [-0.3, -0.25) is 14.2 Å². The van der Waals surface area contributed by atoms with Crippen molar-refractivity contribution in [1.82, 2.24) is 24.9 Å². The van der Waals surface area contributed by atoms with Crippen molar-refractivity contribution >= 4 is 23.1 Å². The average molecular weight is 518 g/mol. The van der Waals surface area contributed by atoms with Gasteiger partial charge in [-0.15, -0.1) is 0 Å². The lowest BCUT2D eigenvalue weighted by molar-refractivity contribution is 0.0654. The molecule has 2 aromatic carbocycles. The highest BCUT2D eigenvalue weighted by molar-refractivity contribution is 5.94. The number of hydrogen-bond acceptors (Lipinski definition) is 6. The van der Waals surface area contributed by atoms with Crippen LogP contribution in [0, 0.1) is 13.8 Å². The number of fused-ring (bicyclic) bond motifs is 1. The topological polar surface area (TPSA) is 131 Å². The standard InChI is InChI=1S/C28H31N5O5/c1-4-22(32(15-9-14-29-28(36)37)26(34)21-13-8-10-18(2)16-21)24-30-25-23(19(3)31-38-25)27(35)33(24)17-20-11-6-5-7-12-20/h5-8,10-13,16,22,29H,4,9,14-15,17H2,1-3H3,(H,36,37). The van der Waals surface area contributed by atoms with Gasteiger partial charge in [0.15, 0.2) is 0 Å². The van der Waals surface area contributed by atoms with Crippen LogP contribution >= 0.6 is 0 Å². The molecule has 0 fully saturated rings. The molecule has 10 nitrogen and oxygen atoms in total. The summed E-state index contributed by atoms with van der Waals surface area (Å²) >= 11 is 0. The molecule has 0 radical (unpaired) electrons. The first-order chi connectivity index (χ1) is 18.3. The minimum Gasteiger partial charge on any atom is -0.465 e. The highest BCUT2D eigenvalue weighted by atomic mass is 16.5.